The number of Topliss-reactive ketones (excluding diaryl/α,β-unsaturated/α-hetero) is 1. The first-order valence-electron chi connectivity index (χ1n) is 9.72. The Kier molecular flexibility index (Phi) is 4.12. The van der Waals surface area contributed by atoms with Crippen molar-refractivity contribution in [2.45, 2.75) is 25.7 Å². The first kappa shape index (κ1) is 17.8. The zero-order valence-corrected chi connectivity index (χ0v) is 15.8. The summed E-state index contributed by atoms with van der Waals surface area (Å²) in [6.45, 7) is 1.74. The highest BCUT2D eigenvalue weighted by Gasteiger charge is 2.45. The van der Waals surface area contributed by atoms with Crippen LogP contribution in [0.1, 0.15) is 36.0 Å². The van der Waals surface area contributed by atoms with Gasteiger partial charge >= 0.3 is 0 Å². The second-order valence-corrected chi connectivity index (χ2v) is 8.03. The average Bonchev–Trinajstić information content (AvgIpc) is 3.08. The van der Waals surface area contributed by atoms with Crippen LogP contribution >= 0.6 is 0 Å². The van der Waals surface area contributed by atoms with Gasteiger partial charge in [0, 0.05) is 43.9 Å². The number of ether oxygens (including phenoxy) is 1. The molecule has 7 heteroatoms. The molecule has 3 heterocycles. The number of halogens is 1. The van der Waals surface area contributed by atoms with Crippen LogP contribution in [0.15, 0.2) is 36.7 Å². The lowest BCUT2D eigenvalue weighted by Gasteiger charge is -2.47. The smallest absolute Gasteiger partial charge is 0.153 e. The number of piperidine rings is 1. The number of hydrogen-bond donors (Lipinski definition) is 1. The van der Waals surface area contributed by atoms with Gasteiger partial charge in [0.05, 0.1) is 17.1 Å². The Hall–Kier alpha value is -3.22. The van der Waals surface area contributed by atoms with Crippen LogP contribution in [-0.4, -0.2) is 35.1 Å². The van der Waals surface area contributed by atoms with Crippen LogP contribution in [0.5, 0.6) is 11.5 Å². The fourth-order valence-electron chi connectivity index (χ4n) is 4.42. The number of nitrogens with zero attached hydrogens (tertiary/aromatic N) is 2. The van der Waals surface area contributed by atoms with Gasteiger partial charge in [-0.3, -0.25) is 9.59 Å². The lowest BCUT2D eigenvalue weighted by Crippen LogP contribution is -2.47. The third-order valence-electron chi connectivity index (χ3n) is 6.14. The van der Waals surface area contributed by atoms with Gasteiger partial charge in [-0.15, -0.1) is 0 Å². The molecule has 0 radical (unpaired) electrons. The second-order valence-electron chi connectivity index (χ2n) is 8.03. The molecule has 1 saturated heterocycles. The molecule has 1 N–H and O–H groups in total. The van der Waals surface area contributed by atoms with Crippen molar-refractivity contribution in [2.75, 3.05) is 18.0 Å². The van der Waals surface area contributed by atoms with Gasteiger partial charge in [-0.2, -0.15) is 0 Å². The van der Waals surface area contributed by atoms with Gasteiger partial charge in [0.15, 0.2) is 6.29 Å². The minimum absolute atomic E-state index is 0.206. The number of aldehydes is 1. The second kappa shape index (κ2) is 6.69. The third kappa shape index (κ3) is 3.16. The Morgan fingerprint density at radius 3 is 2.72 bits per heavy atom. The van der Waals surface area contributed by atoms with E-state index >= 15 is 0 Å². The van der Waals surface area contributed by atoms with Gasteiger partial charge in [0.1, 0.15) is 28.7 Å². The molecule has 29 heavy (non-hydrogen) atoms. The molecule has 1 saturated carbocycles. The van der Waals surface area contributed by atoms with Crippen LogP contribution in [0.2, 0.25) is 0 Å². The van der Waals surface area contributed by atoms with E-state index in [1.54, 1.807) is 12.1 Å². The monoisotopic (exact) mass is 393 g/mol. The summed E-state index contributed by atoms with van der Waals surface area (Å²) < 4.78 is 19.7. The number of rotatable bonds is 4. The normalized spacial score (nSPS) is 18.1. The molecule has 148 valence electrons. The number of pyridine rings is 1. The van der Waals surface area contributed by atoms with Gasteiger partial charge in [-0.25, -0.2) is 9.37 Å². The summed E-state index contributed by atoms with van der Waals surface area (Å²) in [5, 5.41) is 0.336. The fourth-order valence-corrected chi connectivity index (χ4v) is 4.42. The molecule has 2 aromatic heterocycles. The minimum atomic E-state index is -0.404. The number of nitrogens with one attached hydrogen (secondary N) is 1. The molecule has 0 amide bonds. The van der Waals surface area contributed by atoms with E-state index < -0.39 is 5.82 Å². The van der Waals surface area contributed by atoms with E-state index in [0.717, 1.165) is 37.9 Å². The van der Waals surface area contributed by atoms with E-state index in [-0.39, 0.29) is 5.41 Å². The van der Waals surface area contributed by atoms with Gasteiger partial charge in [-0.1, -0.05) is 0 Å². The van der Waals surface area contributed by atoms with Crippen LogP contribution in [0.3, 0.4) is 0 Å². The molecule has 1 aliphatic carbocycles. The number of carbonyl (C=O) groups is 2. The van der Waals surface area contributed by atoms with E-state index in [0.29, 0.717) is 46.7 Å². The lowest BCUT2D eigenvalue weighted by molar-refractivity contribution is -0.133. The van der Waals surface area contributed by atoms with Crippen molar-refractivity contribution in [3.05, 3.63) is 48.0 Å². The Morgan fingerprint density at radius 1 is 1.21 bits per heavy atom. The molecule has 2 fully saturated rings. The zero-order valence-electron chi connectivity index (χ0n) is 15.8. The quantitative estimate of drug-likeness (QED) is 0.671. The lowest BCUT2D eigenvalue weighted by atomic mass is 9.62. The SMILES string of the molecule is O=Cc1ccc(N2CCC3(CC2)CC(=O)C3)cc1Oc1cnc2[nH]cc(F)c2c1. The number of fused-ring (bicyclic) bond motifs is 1. The van der Waals surface area contributed by atoms with E-state index in [9.17, 15) is 14.0 Å². The molecule has 0 bridgehead atoms. The van der Waals surface area contributed by atoms with E-state index in [2.05, 4.69) is 14.9 Å². The van der Waals surface area contributed by atoms with Crippen molar-refractivity contribution in [2.24, 2.45) is 5.41 Å². The molecule has 1 spiro atoms. The number of hydrogen-bond acceptors (Lipinski definition) is 5. The van der Waals surface area contributed by atoms with Crippen molar-refractivity contribution in [1.82, 2.24) is 9.97 Å². The maximum absolute atomic E-state index is 13.8. The summed E-state index contributed by atoms with van der Waals surface area (Å²) in [4.78, 5) is 32.0. The topological polar surface area (TPSA) is 75.3 Å². The predicted molar refractivity (Wildman–Crippen MR) is 106 cm³/mol. The summed E-state index contributed by atoms with van der Waals surface area (Å²) in [7, 11) is 0. The number of anilines is 1. The molecule has 0 atom stereocenters. The maximum atomic E-state index is 13.8. The van der Waals surface area contributed by atoms with Crippen LogP contribution < -0.4 is 9.64 Å². The van der Waals surface area contributed by atoms with Gasteiger partial charge in [0.2, 0.25) is 0 Å². The summed E-state index contributed by atoms with van der Waals surface area (Å²) in [6, 6.07) is 7.05. The highest BCUT2D eigenvalue weighted by molar-refractivity contribution is 5.86. The number of aromatic amines is 1. The summed E-state index contributed by atoms with van der Waals surface area (Å²) in [5.41, 5.74) is 2.03. The van der Waals surface area contributed by atoms with Crippen LogP contribution in [0.4, 0.5) is 10.1 Å². The number of carbonyl (C=O) groups excluding carboxylic acids is 2. The highest BCUT2D eigenvalue weighted by Crippen LogP contribution is 2.47. The average molecular weight is 393 g/mol. The van der Waals surface area contributed by atoms with Crippen molar-refractivity contribution < 1.29 is 18.7 Å². The first-order chi connectivity index (χ1) is 14.0. The molecule has 0 unspecified atom stereocenters. The third-order valence-corrected chi connectivity index (χ3v) is 6.14. The van der Waals surface area contributed by atoms with Gasteiger partial charge < -0.3 is 14.6 Å². The molecule has 1 aliphatic heterocycles. The van der Waals surface area contributed by atoms with Gasteiger partial charge in [-0.05, 0) is 36.5 Å². The van der Waals surface area contributed by atoms with Crippen molar-refractivity contribution in [3.63, 3.8) is 0 Å². The van der Waals surface area contributed by atoms with E-state index in [4.69, 9.17) is 4.74 Å². The first-order valence-corrected chi connectivity index (χ1v) is 9.72. The Balaban J connectivity index is 1.38. The summed E-state index contributed by atoms with van der Waals surface area (Å²) >= 11 is 0. The van der Waals surface area contributed by atoms with Gasteiger partial charge in [0.25, 0.3) is 0 Å². The molecule has 3 aromatic rings. The van der Waals surface area contributed by atoms with Crippen molar-refractivity contribution in [1.29, 1.82) is 0 Å². The Labute approximate surface area is 166 Å². The standard InChI is InChI=1S/C22H20FN3O3/c23-19-12-25-21-18(19)8-17(11-24-21)29-20-7-15(2-1-14(20)13-27)26-5-3-22(4-6-26)9-16(28)10-22/h1-2,7-8,11-13H,3-6,9-10H2,(H,24,25). The number of H-pyrrole nitrogens is 1. The minimum Gasteiger partial charge on any atom is -0.455 e. The fraction of sp³-hybridized carbons (Fsp3) is 0.318. The molecular weight excluding hydrogens is 373 g/mol. The van der Waals surface area contributed by atoms with Crippen molar-refractivity contribution in [3.8, 4) is 11.5 Å². The predicted octanol–water partition coefficient (Wildman–Crippen LogP) is 4.26. The van der Waals surface area contributed by atoms with E-state index in [1.165, 1.54) is 12.4 Å². The van der Waals surface area contributed by atoms with E-state index in [1.807, 2.05) is 12.1 Å². The Bertz CT molecular complexity index is 1110. The molecule has 1 aromatic carbocycles. The number of ketones is 1. The number of benzene rings is 1. The summed E-state index contributed by atoms with van der Waals surface area (Å²) in [5.74, 6) is 0.739. The molecular formula is C22H20FN3O3. The maximum Gasteiger partial charge on any atom is 0.153 e. The molecule has 6 nitrogen and oxygen atoms in total. The summed E-state index contributed by atoms with van der Waals surface area (Å²) in [6.07, 6.45) is 6.91. The number of aromatic nitrogens is 2. The highest BCUT2D eigenvalue weighted by atomic mass is 19.1. The molecule has 5 rings (SSSR count). The zero-order chi connectivity index (χ0) is 20.0. The Morgan fingerprint density at radius 2 is 2.00 bits per heavy atom. The van der Waals surface area contributed by atoms with Crippen LogP contribution in [0, 0.1) is 11.2 Å². The molecule has 2 aliphatic rings. The largest absolute Gasteiger partial charge is 0.455 e. The van der Waals surface area contributed by atoms with Crippen LogP contribution in [-0.2, 0) is 4.79 Å². The van der Waals surface area contributed by atoms with Crippen molar-refractivity contribution >= 4 is 28.8 Å². The van der Waals surface area contributed by atoms with Crippen LogP contribution in [0.25, 0.3) is 11.0 Å².